The van der Waals surface area contributed by atoms with Crippen LogP contribution in [-0.4, -0.2) is 18.6 Å². The lowest BCUT2D eigenvalue weighted by molar-refractivity contribution is 0.0963. The van der Waals surface area contributed by atoms with Gasteiger partial charge < -0.3 is 4.74 Å². The molecule has 0 saturated heterocycles. The van der Waals surface area contributed by atoms with Gasteiger partial charge in [0.1, 0.15) is 0 Å². The van der Waals surface area contributed by atoms with Gasteiger partial charge in [0.2, 0.25) is 0 Å². The van der Waals surface area contributed by atoms with E-state index in [1.165, 1.54) is 6.42 Å². The second kappa shape index (κ2) is 6.50. The highest BCUT2D eigenvalue weighted by atomic mass is 35.5. The van der Waals surface area contributed by atoms with Crippen LogP contribution in [0.3, 0.4) is 0 Å². The van der Waals surface area contributed by atoms with E-state index in [9.17, 15) is 0 Å². The van der Waals surface area contributed by atoms with Gasteiger partial charge in [-0.1, -0.05) is 31.9 Å². The summed E-state index contributed by atoms with van der Waals surface area (Å²) in [5.41, 5.74) is 0.986. The largest absolute Gasteiger partial charge is 0.380 e. The number of unbranched alkanes of at least 4 members (excludes halogenated alkanes) is 1. The summed E-state index contributed by atoms with van der Waals surface area (Å²) in [6.07, 6.45) is 3.49. The standard InChI is InChI=1S/C10H19ClO/c1-5-6-7-9(12-4)10(11)8(2)3/h9-10H,2,5-7H2,1,3-4H3. The number of rotatable bonds is 6. The molecule has 0 saturated carbocycles. The van der Waals surface area contributed by atoms with Gasteiger partial charge >= 0.3 is 0 Å². The summed E-state index contributed by atoms with van der Waals surface area (Å²) in [6, 6.07) is 0. The molecular formula is C10H19ClO. The van der Waals surface area contributed by atoms with Crippen LogP contribution in [0.4, 0.5) is 0 Å². The number of halogens is 1. The molecule has 2 heteroatoms. The Hall–Kier alpha value is -0.0100. The SMILES string of the molecule is C=C(C)C(Cl)C(CCCC)OC. The van der Waals surface area contributed by atoms with Crippen molar-refractivity contribution in [2.45, 2.75) is 44.6 Å². The topological polar surface area (TPSA) is 9.23 Å². The first-order valence-electron chi connectivity index (χ1n) is 4.45. The summed E-state index contributed by atoms with van der Waals surface area (Å²) in [6.45, 7) is 7.92. The zero-order valence-electron chi connectivity index (χ0n) is 8.27. The van der Waals surface area contributed by atoms with Gasteiger partial charge in [0.25, 0.3) is 0 Å². The van der Waals surface area contributed by atoms with Crippen molar-refractivity contribution in [2.75, 3.05) is 7.11 Å². The Morgan fingerprint density at radius 3 is 2.50 bits per heavy atom. The van der Waals surface area contributed by atoms with Crippen molar-refractivity contribution < 1.29 is 4.74 Å². The fourth-order valence-electron chi connectivity index (χ4n) is 1.11. The second-order valence-electron chi connectivity index (χ2n) is 3.16. The number of ether oxygens (including phenoxy) is 1. The van der Waals surface area contributed by atoms with Gasteiger partial charge in [0.05, 0.1) is 11.5 Å². The minimum atomic E-state index is -0.0402. The predicted octanol–water partition coefficient (Wildman–Crippen LogP) is 3.38. The molecule has 0 rings (SSSR count). The summed E-state index contributed by atoms with van der Waals surface area (Å²) < 4.78 is 5.28. The molecule has 72 valence electrons. The van der Waals surface area contributed by atoms with Crippen LogP contribution in [0.2, 0.25) is 0 Å². The Balaban J connectivity index is 3.87. The molecule has 0 aliphatic carbocycles. The maximum Gasteiger partial charge on any atom is 0.0801 e. The third kappa shape index (κ3) is 4.13. The van der Waals surface area contributed by atoms with Crippen LogP contribution < -0.4 is 0 Å². The van der Waals surface area contributed by atoms with Gasteiger partial charge in [-0.05, 0) is 13.3 Å². The molecule has 0 heterocycles. The molecule has 12 heavy (non-hydrogen) atoms. The quantitative estimate of drug-likeness (QED) is 0.461. The fraction of sp³-hybridized carbons (Fsp3) is 0.800. The highest BCUT2D eigenvalue weighted by Crippen LogP contribution is 2.18. The first kappa shape index (κ1) is 12.0. The van der Waals surface area contributed by atoms with Crippen LogP contribution in [0.25, 0.3) is 0 Å². The molecule has 0 N–H and O–H groups in total. The smallest absolute Gasteiger partial charge is 0.0801 e. The molecule has 0 aromatic rings. The van der Waals surface area contributed by atoms with Crippen molar-refractivity contribution in [3.05, 3.63) is 12.2 Å². The molecule has 0 amide bonds. The monoisotopic (exact) mass is 190 g/mol. The first-order chi connectivity index (χ1) is 5.63. The summed E-state index contributed by atoms with van der Waals surface area (Å²) >= 11 is 6.09. The Morgan fingerprint density at radius 2 is 2.17 bits per heavy atom. The third-order valence-electron chi connectivity index (χ3n) is 1.94. The molecular weight excluding hydrogens is 172 g/mol. The van der Waals surface area contributed by atoms with Crippen LogP contribution >= 0.6 is 11.6 Å². The van der Waals surface area contributed by atoms with Crippen molar-refractivity contribution in [3.63, 3.8) is 0 Å². The van der Waals surface area contributed by atoms with E-state index in [0.717, 1.165) is 18.4 Å². The van der Waals surface area contributed by atoms with Crippen LogP contribution in [0, 0.1) is 0 Å². The van der Waals surface area contributed by atoms with Gasteiger partial charge in [-0.3, -0.25) is 0 Å². The number of hydrogen-bond acceptors (Lipinski definition) is 1. The summed E-state index contributed by atoms with van der Waals surface area (Å²) in [7, 11) is 1.71. The zero-order valence-corrected chi connectivity index (χ0v) is 9.03. The third-order valence-corrected chi connectivity index (χ3v) is 2.60. The molecule has 2 unspecified atom stereocenters. The van der Waals surface area contributed by atoms with Crippen molar-refractivity contribution in [1.82, 2.24) is 0 Å². The molecule has 0 fully saturated rings. The summed E-state index contributed by atoms with van der Waals surface area (Å²) in [5, 5.41) is -0.0402. The summed E-state index contributed by atoms with van der Waals surface area (Å²) in [4.78, 5) is 0. The van der Waals surface area contributed by atoms with Crippen molar-refractivity contribution >= 4 is 11.6 Å². The molecule has 0 aromatic carbocycles. The molecule has 1 nitrogen and oxygen atoms in total. The molecule has 0 bridgehead atoms. The van der Waals surface area contributed by atoms with Gasteiger partial charge in [-0.15, -0.1) is 11.6 Å². The van der Waals surface area contributed by atoms with E-state index in [1.54, 1.807) is 7.11 Å². The van der Waals surface area contributed by atoms with Crippen LogP contribution in [0.15, 0.2) is 12.2 Å². The van der Waals surface area contributed by atoms with Crippen LogP contribution in [0.1, 0.15) is 33.1 Å². The Morgan fingerprint density at radius 1 is 1.58 bits per heavy atom. The minimum absolute atomic E-state index is 0.0402. The molecule has 0 radical (unpaired) electrons. The molecule has 0 spiro atoms. The number of methoxy groups -OCH3 is 1. The van der Waals surface area contributed by atoms with Gasteiger partial charge in [-0.25, -0.2) is 0 Å². The molecule has 0 aliphatic rings. The normalized spacial score (nSPS) is 15.7. The fourth-order valence-corrected chi connectivity index (χ4v) is 1.34. The van der Waals surface area contributed by atoms with E-state index in [1.807, 2.05) is 6.92 Å². The first-order valence-corrected chi connectivity index (χ1v) is 4.89. The van der Waals surface area contributed by atoms with E-state index in [2.05, 4.69) is 13.5 Å². The lowest BCUT2D eigenvalue weighted by atomic mass is 10.1. The van der Waals surface area contributed by atoms with E-state index < -0.39 is 0 Å². The maximum atomic E-state index is 6.09. The average molecular weight is 191 g/mol. The highest BCUT2D eigenvalue weighted by molar-refractivity contribution is 6.22. The van der Waals surface area contributed by atoms with Crippen molar-refractivity contribution in [2.24, 2.45) is 0 Å². The molecule has 0 aliphatic heterocycles. The molecule has 0 aromatic heterocycles. The van der Waals surface area contributed by atoms with E-state index >= 15 is 0 Å². The van der Waals surface area contributed by atoms with E-state index in [4.69, 9.17) is 16.3 Å². The van der Waals surface area contributed by atoms with Gasteiger partial charge in [0.15, 0.2) is 0 Å². The van der Waals surface area contributed by atoms with Crippen LogP contribution in [0.5, 0.6) is 0 Å². The van der Waals surface area contributed by atoms with Crippen molar-refractivity contribution in [3.8, 4) is 0 Å². The zero-order chi connectivity index (χ0) is 9.56. The minimum Gasteiger partial charge on any atom is -0.380 e. The summed E-state index contributed by atoms with van der Waals surface area (Å²) in [5.74, 6) is 0. The Labute approximate surface area is 80.8 Å². The Bertz CT molecular complexity index is 134. The van der Waals surface area contributed by atoms with Gasteiger partial charge in [-0.2, -0.15) is 0 Å². The Kier molecular flexibility index (Phi) is 6.49. The van der Waals surface area contributed by atoms with Crippen LogP contribution in [-0.2, 0) is 4.74 Å². The number of hydrogen-bond donors (Lipinski definition) is 0. The van der Waals surface area contributed by atoms with E-state index in [0.29, 0.717) is 0 Å². The average Bonchev–Trinajstić information content (AvgIpc) is 2.05. The highest BCUT2D eigenvalue weighted by Gasteiger charge is 2.18. The lowest BCUT2D eigenvalue weighted by Gasteiger charge is -2.20. The number of alkyl halides is 1. The van der Waals surface area contributed by atoms with Gasteiger partial charge in [0, 0.05) is 7.11 Å². The van der Waals surface area contributed by atoms with Crippen molar-refractivity contribution in [1.29, 1.82) is 0 Å². The lowest BCUT2D eigenvalue weighted by Crippen LogP contribution is -2.23. The second-order valence-corrected chi connectivity index (χ2v) is 3.63. The predicted molar refractivity (Wildman–Crippen MR) is 54.8 cm³/mol. The van der Waals surface area contributed by atoms with E-state index in [-0.39, 0.29) is 11.5 Å². The molecule has 2 atom stereocenters. The maximum absolute atomic E-state index is 6.09.